The molecule has 77 valence electrons. The first-order chi connectivity index (χ1) is 6.02. The van der Waals surface area contributed by atoms with Gasteiger partial charge < -0.3 is 0 Å². The fourth-order valence-electron chi connectivity index (χ4n) is 1.02. The van der Waals surface area contributed by atoms with Crippen molar-refractivity contribution in [3.8, 4) is 0 Å². The molecule has 1 atom stereocenters. The van der Waals surface area contributed by atoms with E-state index in [0.717, 1.165) is 17.8 Å². The normalized spacial score (nSPS) is 16.2. The van der Waals surface area contributed by atoms with Gasteiger partial charge in [0.25, 0.3) is 0 Å². The molecule has 0 aliphatic rings. The van der Waals surface area contributed by atoms with Crippen LogP contribution in [0.15, 0.2) is 0 Å². The summed E-state index contributed by atoms with van der Waals surface area (Å²) in [6, 6.07) is 0. The van der Waals surface area contributed by atoms with Crippen LogP contribution >= 0.6 is 16.0 Å². The molecule has 1 nitrogen and oxygen atoms in total. The maximum atomic E-state index is 9.97. The molecule has 0 saturated heterocycles. The molecule has 0 aromatic carbocycles. The molecular weight excluding hydrogens is 273 g/mol. The van der Waals surface area contributed by atoms with E-state index in [2.05, 4.69) is 26.1 Å². The average Bonchev–Trinajstić information content (AvgIpc) is 2.02. The van der Waals surface area contributed by atoms with Gasteiger partial charge in [-0.25, -0.2) is 0 Å². The number of hydrogen-bond donors (Lipinski definition) is 2. The third-order valence-electron chi connectivity index (χ3n) is 1.88. The van der Waals surface area contributed by atoms with E-state index in [4.69, 9.17) is 0 Å². The van der Waals surface area contributed by atoms with Crippen LogP contribution in [0.5, 0.6) is 0 Å². The second kappa shape index (κ2) is 7.93. The van der Waals surface area contributed by atoms with Crippen LogP contribution in [0.1, 0.15) is 39.5 Å². The van der Waals surface area contributed by atoms with Crippen molar-refractivity contribution in [2.45, 2.75) is 39.5 Å². The van der Waals surface area contributed by atoms with E-state index < -0.39 is 3.80 Å². The monoisotopic (exact) mass is 291 g/mol. The van der Waals surface area contributed by atoms with Gasteiger partial charge in [-0.15, -0.1) is 0 Å². The summed E-state index contributed by atoms with van der Waals surface area (Å²) in [7, 11) is 0.245. The van der Waals surface area contributed by atoms with Gasteiger partial charge in [-0.1, -0.05) is 0 Å². The zero-order valence-electron chi connectivity index (χ0n) is 8.70. The summed E-state index contributed by atoms with van der Waals surface area (Å²) in [5.41, 5.74) is 0. The molecule has 1 unspecified atom stereocenters. The second-order valence-electron chi connectivity index (χ2n) is 3.24. The molecule has 5 heteroatoms. The zero-order valence-corrected chi connectivity index (χ0v) is 14.3. The number of hydrogen-bond acceptors (Lipinski definition) is 0. The summed E-state index contributed by atoms with van der Waals surface area (Å²) < 4.78 is -1.74. The summed E-state index contributed by atoms with van der Waals surface area (Å²) in [5.74, 6) is 2.43. The summed E-state index contributed by atoms with van der Waals surface area (Å²) in [6.45, 7) is 4.42. The van der Waals surface area contributed by atoms with Crippen LogP contribution in [-0.4, -0.2) is 16.4 Å². The molecule has 0 fully saturated rings. The van der Waals surface area contributed by atoms with Gasteiger partial charge in [0.2, 0.25) is 0 Å². The van der Waals surface area contributed by atoms with Gasteiger partial charge in [0.05, 0.1) is 0 Å². The van der Waals surface area contributed by atoms with Crippen LogP contribution in [0.25, 0.3) is 0 Å². The SMILES string of the molecule is CCCCS(CCCC)=[P](O)(S)[Zn]. The van der Waals surface area contributed by atoms with Crippen molar-refractivity contribution < 1.29 is 22.7 Å². The topological polar surface area (TPSA) is 20.2 Å². The molecular formula is C8H20OPS2Zn. The molecule has 1 N–H and O–H groups in total. The molecule has 0 rings (SSSR count). The van der Waals surface area contributed by atoms with Gasteiger partial charge >= 0.3 is 99.9 Å². The van der Waals surface area contributed by atoms with Crippen LogP contribution in [0.2, 0.25) is 0 Å². The molecule has 13 heavy (non-hydrogen) atoms. The number of unbranched alkanes of at least 4 members (excludes halogenated alkanes) is 2. The van der Waals surface area contributed by atoms with E-state index in [0.29, 0.717) is 0 Å². The van der Waals surface area contributed by atoms with Gasteiger partial charge in [-0.05, 0) is 0 Å². The summed E-state index contributed by atoms with van der Waals surface area (Å²) in [4.78, 5) is 9.97. The Morgan fingerprint density at radius 2 is 1.62 bits per heavy atom. The third-order valence-corrected chi connectivity index (χ3v) is 16.8. The van der Waals surface area contributed by atoms with Gasteiger partial charge in [0.1, 0.15) is 0 Å². The van der Waals surface area contributed by atoms with Gasteiger partial charge in [0, 0.05) is 0 Å². The Labute approximate surface area is 99.4 Å². The maximum absolute atomic E-state index is 9.97. The Balaban J connectivity index is 4.21. The predicted octanol–water partition coefficient (Wildman–Crippen LogP) is 3.35. The zero-order chi connectivity index (χ0) is 10.3. The Morgan fingerprint density at radius 3 is 1.85 bits per heavy atom. The Bertz CT molecular complexity index is 172. The standard InChI is InChI=1S/C8H20OPS2.Zn/c1-3-5-7-12(10(9)11)8-6-4-2;/h9,11H,3-8H2,1-2H3;/q+1;-1. The number of rotatable bonds is 6. The summed E-state index contributed by atoms with van der Waals surface area (Å²) >= 11 is 5.42. The Kier molecular flexibility index (Phi) is 8.98. The number of thiol groups is 1. The predicted molar refractivity (Wildman–Crippen MR) is 65.0 cm³/mol. The van der Waals surface area contributed by atoms with Crippen molar-refractivity contribution in [2.24, 2.45) is 0 Å². The fourth-order valence-corrected chi connectivity index (χ4v) is 11.9. The molecule has 0 saturated carbocycles. The van der Waals surface area contributed by atoms with Gasteiger partial charge in [-0.3, -0.25) is 0 Å². The van der Waals surface area contributed by atoms with E-state index >= 15 is 0 Å². The van der Waals surface area contributed by atoms with Crippen molar-refractivity contribution in [2.75, 3.05) is 11.5 Å². The second-order valence-corrected chi connectivity index (χ2v) is 24.5. The fraction of sp³-hybridized carbons (Fsp3) is 1.00. The van der Waals surface area contributed by atoms with E-state index in [1.807, 2.05) is 0 Å². The van der Waals surface area contributed by atoms with Crippen LogP contribution in [-0.2, 0) is 27.9 Å². The van der Waals surface area contributed by atoms with Crippen molar-refractivity contribution in [3.63, 3.8) is 0 Å². The quantitative estimate of drug-likeness (QED) is 0.437. The first-order valence-electron chi connectivity index (χ1n) is 4.89. The summed E-state index contributed by atoms with van der Waals surface area (Å²) in [5, 5.41) is 0. The molecule has 0 aliphatic carbocycles. The molecule has 0 aromatic heterocycles. The van der Waals surface area contributed by atoms with Crippen LogP contribution in [0.4, 0.5) is 0 Å². The van der Waals surface area contributed by atoms with E-state index in [-0.39, 0.29) is 10.1 Å². The van der Waals surface area contributed by atoms with E-state index in [1.165, 1.54) is 37.2 Å². The molecule has 0 aromatic rings. The van der Waals surface area contributed by atoms with Crippen LogP contribution in [0.3, 0.4) is 0 Å². The van der Waals surface area contributed by atoms with E-state index in [1.54, 1.807) is 0 Å². The third kappa shape index (κ3) is 7.62. The summed E-state index contributed by atoms with van der Waals surface area (Å²) in [6.07, 6.45) is 5.00. The minimum absolute atomic E-state index is 0.245. The van der Waals surface area contributed by atoms with E-state index in [9.17, 15) is 4.89 Å². The first kappa shape index (κ1) is 14.7. The van der Waals surface area contributed by atoms with Crippen molar-refractivity contribution in [1.29, 1.82) is 0 Å². The molecule has 0 spiro atoms. The molecule has 0 heterocycles. The van der Waals surface area contributed by atoms with Crippen LogP contribution in [0, 0.1) is 0 Å². The van der Waals surface area contributed by atoms with Crippen molar-refractivity contribution >= 4 is 26.1 Å². The minimum atomic E-state index is -1.74. The molecule has 0 amide bonds. The molecule has 0 bridgehead atoms. The average molecular weight is 293 g/mol. The van der Waals surface area contributed by atoms with Crippen LogP contribution < -0.4 is 0 Å². The van der Waals surface area contributed by atoms with Gasteiger partial charge in [-0.2, -0.15) is 0 Å². The molecule has 0 radical (unpaired) electrons. The Hall–Kier alpha value is 1.71. The van der Waals surface area contributed by atoms with Gasteiger partial charge in [0.15, 0.2) is 0 Å². The van der Waals surface area contributed by atoms with Crippen molar-refractivity contribution in [1.82, 2.24) is 0 Å². The first-order valence-corrected chi connectivity index (χ1v) is 14.1. The Morgan fingerprint density at radius 1 is 1.23 bits per heavy atom. The van der Waals surface area contributed by atoms with Crippen molar-refractivity contribution in [3.05, 3.63) is 0 Å². The molecule has 0 aliphatic heterocycles.